The molecule has 12 rings (SSSR count). The van der Waals surface area contributed by atoms with Crippen LogP contribution in [0.2, 0.25) is 0 Å². The van der Waals surface area contributed by atoms with E-state index in [2.05, 4.69) is 253 Å². The van der Waals surface area contributed by atoms with Gasteiger partial charge in [0.1, 0.15) is 11.2 Å². The molecule has 0 atom stereocenters. The molecule has 64 heavy (non-hydrogen) atoms. The van der Waals surface area contributed by atoms with Crippen LogP contribution in [0.1, 0.15) is 5.56 Å². The Hall–Kier alpha value is -8.40. The molecule has 0 amide bonds. The van der Waals surface area contributed by atoms with Gasteiger partial charge in [0, 0.05) is 38.5 Å². The first-order valence-corrected chi connectivity index (χ1v) is 21.9. The van der Waals surface area contributed by atoms with E-state index in [1.165, 1.54) is 44.2 Å². The Kier molecular flexibility index (Phi) is 9.05. The summed E-state index contributed by atoms with van der Waals surface area (Å²) in [4.78, 5) is 2.45. The number of hydrogen-bond acceptors (Lipinski definition) is 2. The first kappa shape index (κ1) is 37.4. The maximum Gasteiger partial charge on any atom is 0.145 e. The molecule has 0 fully saturated rings. The van der Waals surface area contributed by atoms with E-state index in [1.54, 1.807) is 0 Å². The lowest BCUT2D eigenvalue weighted by Crippen LogP contribution is -2.14. The Labute approximate surface area is 372 Å². The number of benzene rings is 10. The van der Waals surface area contributed by atoms with Gasteiger partial charge in [0.15, 0.2) is 0 Å². The topological polar surface area (TPSA) is 21.3 Å². The van der Waals surface area contributed by atoms with Crippen molar-refractivity contribution in [3.8, 4) is 50.2 Å². The second-order valence-electron chi connectivity index (χ2n) is 16.4. The van der Waals surface area contributed by atoms with Crippen molar-refractivity contribution in [1.82, 2.24) is 4.57 Å². The molecule has 0 N–H and O–H groups in total. The Morgan fingerprint density at radius 1 is 0.359 bits per heavy atom. The van der Waals surface area contributed by atoms with Gasteiger partial charge in [0.25, 0.3) is 0 Å². The Morgan fingerprint density at radius 3 is 1.58 bits per heavy atom. The summed E-state index contributed by atoms with van der Waals surface area (Å²) in [5.41, 5.74) is 18.6. The van der Waals surface area contributed by atoms with E-state index < -0.39 is 0 Å². The summed E-state index contributed by atoms with van der Waals surface area (Å²) in [6, 6.07) is 85.1. The van der Waals surface area contributed by atoms with E-state index in [0.717, 1.165) is 72.4 Å². The minimum atomic E-state index is 0.847. The normalized spacial score (nSPS) is 11.5. The molecule has 2 heterocycles. The molecule has 12 aromatic rings. The lowest BCUT2D eigenvalue weighted by Gasteiger charge is -2.31. The molecule has 0 spiro atoms. The fourth-order valence-corrected chi connectivity index (χ4v) is 9.91. The first-order valence-electron chi connectivity index (χ1n) is 21.9. The number of rotatable bonds is 8. The highest BCUT2D eigenvalue weighted by Crippen LogP contribution is 2.51. The van der Waals surface area contributed by atoms with E-state index >= 15 is 0 Å². The van der Waals surface area contributed by atoms with Crippen LogP contribution in [0, 0.1) is 6.92 Å². The van der Waals surface area contributed by atoms with E-state index in [0.29, 0.717) is 0 Å². The zero-order valence-corrected chi connectivity index (χ0v) is 35.3. The van der Waals surface area contributed by atoms with Gasteiger partial charge in [0.05, 0.1) is 28.0 Å². The zero-order chi connectivity index (χ0) is 42.6. The minimum Gasteiger partial charge on any atom is -0.455 e. The largest absolute Gasteiger partial charge is 0.455 e. The molecule has 302 valence electrons. The second kappa shape index (κ2) is 15.5. The van der Waals surface area contributed by atoms with Gasteiger partial charge < -0.3 is 13.9 Å². The molecule has 2 aromatic heterocycles. The van der Waals surface area contributed by atoms with Gasteiger partial charge in [-0.3, -0.25) is 0 Å². The van der Waals surface area contributed by atoms with Crippen molar-refractivity contribution in [1.29, 1.82) is 0 Å². The zero-order valence-electron chi connectivity index (χ0n) is 35.3. The van der Waals surface area contributed by atoms with Crippen LogP contribution in [-0.4, -0.2) is 4.57 Å². The number of fused-ring (bicyclic) bond motifs is 6. The van der Waals surface area contributed by atoms with Crippen molar-refractivity contribution in [2.45, 2.75) is 6.92 Å². The highest BCUT2D eigenvalue weighted by Gasteiger charge is 2.27. The Morgan fingerprint density at radius 2 is 0.891 bits per heavy atom. The Balaban J connectivity index is 1.19. The lowest BCUT2D eigenvalue weighted by atomic mass is 9.89. The summed E-state index contributed by atoms with van der Waals surface area (Å²) in [6.07, 6.45) is 0. The number of nitrogens with zero attached hydrogens (tertiary/aromatic N) is 2. The average Bonchev–Trinajstić information content (AvgIpc) is 3.91. The fraction of sp³-hybridized carbons (Fsp3) is 0.0164. The van der Waals surface area contributed by atoms with Gasteiger partial charge in [-0.1, -0.05) is 182 Å². The summed E-state index contributed by atoms with van der Waals surface area (Å²) >= 11 is 0. The monoisotopic (exact) mass is 818 g/mol. The van der Waals surface area contributed by atoms with Crippen LogP contribution in [0.5, 0.6) is 0 Å². The molecule has 0 saturated heterocycles. The minimum absolute atomic E-state index is 0.847. The molecule has 10 aromatic carbocycles. The second-order valence-corrected chi connectivity index (χ2v) is 16.4. The van der Waals surface area contributed by atoms with Gasteiger partial charge in [0.2, 0.25) is 0 Å². The van der Waals surface area contributed by atoms with Crippen LogP contribution in [-0.2, 0) is 0 Å². The molecule has 0 aliphatic carbocycles. The SMILES string of the molecule is Cc1c(N(c2ccc(-c3ccccc3)cc2)c2ccc3c(oc4ccccc43)c2-c2ccccc2-n2c3ccccc3c3ccccc32)ccc(-c2ccccc2)c1-c1ccccc1. The maximum absolute atomic E-state index is 7.09. The molecule has 3 heteroatoms. The van der Waals surface area contributed by atoms with Crippen LogP contribution >= 0.6 is 0 Å². The molecular formula is C61H42N2O. The molecule has 0 aliphatic heterocycles. The van der Waals surface area contributed by atoms with Crippen molar-refractivity contribution < 1.29 is 4.42 Å². The van der Waals surface area contributed by atoms with Crippen molar-refractivity contribution in [2.75, 3.05) is 4.90 Å². The number of furan rings is 1. The molecule has 0 aliphatic rings. The molecule has 0 saturated carbocycles. The van der Waals surface area contributed by atoms with Crippen molar-refractivity contribution in [3.63, 3.8) is 0 Å². The molecular weight excluding hydrogens is 777 g/mol. The Bertz CT molecular complexity index is 3610. The number of para-hydroxylation sites is 4. The molecule has 0 radical (unpaired) electrons. The summed E-state index contributed by atoms with van der Waals surface area (Å²) in [7, 11) is 0. The quantitative estimate of drug-likeness (QED) is 0.152. The van der Waals surface area contributed by atoms with E-state index in [-0.39, 0.29) is 0 Å². The third-order valence-corrected chi connectivity index (χ3v) is 12.8. The standard InChI is InChI=1S/C61H42N2O/c1-41-53(39-37-47(44-21-7-3-8-22-44)59(41)45-23-9-4-10-24-45)62(46-35-33-43(34-36-46)42-19-5-2-6-20-42)57-40-38-51-50-27-14-18-32-58(50)64-61(51)60(57)52-28-13-17-31-56(52)63-54-29-15-11-25-48(54)49-26-12-16-30-55(49)63/h2-40H,1H3. The van der Waals surface area contributed by atoms with Gasteiger partial charge in [-0.2, -0.15) is 0 Å². The third-order valence-electron chi connectivity index (χ3n) is 12.8. The summed E-state index contributed by atoms with van der Waals surface area (Å²) in [5, 5.41) is 4.61. The van der Waals surface area contributed by atoms with Gasteiger partial charge >= 0.3 is 0 Å². The first-order chi connectivity index (χ1) is 31.7. The van der Waals surface area contributed by atoms with Crippen LogP contribution in [0.4, 0.5) is 17.1 Å². The van der Waals surface area contributed by atoms with E-state index in [9.17, 15) is 0 Å². The molecule has 0 bridgehead atoms. The predicted molar refractivity (Wildman–Crippen MR) is 269 cm³/mol. The summed E-state index contributed by atoms with van der Waals surface area (Å²) < 4.78 is 9.52. The number of anilines is 3. The lowest BCUT2D eigenvalue weighted by molar-refractivity contribution is 0.670. The van der Waals surface area contributed by atoms with Crippen molar-refractivity contribution in [3.05, 3.63) is 242 Å². The van der Waals surface area contributed by atoms with E-state index in [4.69, 9.17) is 4.42 Å². The summed E-state index contributed by atoms with van der Waals surface area (Å²) in [6.45, 7) is 2.28. The van der Waals surface area contributed by atoms with Crippen LogP contribution in [0.3, 0.4) is 0 Å². The number of aromatic nitrogens is 1. The maximum atomic E-state index is 7.09. The van der Waals surface area contributed by atoms with E-state index in [1.807, 2.05) is 0 Å². The van der Waals surface area contributed by atoms with Crippen LogP contribution in [0.15, 0.2) is 241 Å². The predicted octanol–water partition coefficient (Wildman–Crippen LogP) is 17.1. The highest BCUT2D eigenvalue weighted by molar-refractivity contribution is 6.15. The van der Waals surface area contributed by atoms with Crippen molar-refractivity contribution in [2.24, 2.45) is 0 Å². The van der Waals surface area contributed by atoms with Gasteiger partial charge in [-0.15, -0.1) is 0 Å². The molecule has 3 nitrogen and oxygen atoms in total. The number of hydrogen-bond donors (Lipinski definition) is 0. The van der Waals surface area contributed by atoms with Gasteiger partial charge in [-0.25, -0.2) is 0 Å². The average molecular weight is 819 g/mol. The fourth-order valence-electron chi connectivity index (χ4n) is 9.91. The van der Waals surface area contributed by atoms with Gasteiger partial charge in [-0.05, 0) is 100 Å². The van der Waals surface area contributed by atoms with Crippen molar-refractivity contribution >= 4 is 60.8 Å². The molecule has 0 unspecified atom stereocenters. The smallest absolute Gasteiger partial charge is 0.145 e. The summed E-state index contributed by atoms with van der Waals surface area (Å²) in [5.74, 6) is 0. The van der Waals surface area contributed by atoms with Crippen LogP contribution < -0.4 is 4.90 Å². The third kappa shape index (κ3) is 6.13. The highest BCUT2D eigenvalue weighted by atomic mass is 16.3. The van der Waals surface area contributed by atoms with Crippen LogP contribution in [0.25, 0.3) is 93.9 Å².